The fourth-order valence-electron chi connectivity index (χ4n) is 0.370. The van der Waals surface area contributed by atoms with E-state index in [-0.39, 0.29) is 6.61 Å². The molecule has 0 amide bonds. The van der Waals surface area contributed by atoms with Crippen molar-refractivity contribution in [1.82, 2.24) is 0 Å². The Hall–Kier alpha value is -0.300. The van der Waals surface area contributed by atoms with Crippen LogP contribution >= 0.6 is 0 Å². The molecule has 0 aliphatic rings. The normalized spacial score (nSPS) is 13.4. The van der Waals surface area contributed by atoms with Crippen LogP contribution in [0.5, 0.6) is 0 Å². The van der Waals surface area contributed by atoms with Crippen molar-refractivity contribution in [3.63, 3.8) is 0 Å². The molecule has 1 nitrogen and oxygen atoms in total. The molecule has 1 heteroatoms. The quantitative estimate of drug-likeness (QED) is 0.528. The largest absolute Gasteiger partial charge is 0.396 e. The summed E-state index contributed by atoms with van der Waals surface area (Å²) in [5.74, 6) is 0.306. The summed E-state index contributed by atoms with van der Waals surface area (Å²) >= 11 is 0. The van der Waals surface area contributed by atoms with Gasteiger partial charge in [-0.1, -0.05) is 13.0 Å². The van der Waals surface area contributed by atoms with E-state index in [0.29, 0.717) is 5.92 Å². The summed E-state index contributed by atoms with van der Waals surface area (Å²) in [4.78, 5) is 0. The molecule has 1 N–H and O–H groups in total. The maximum absolute atomic E-state index is 8.45. The third kappa shape index (κ3) is 2.40. The van der Waals surface area contributed by atoms with Gasteiger partial charge in [-0.3, -0.25) is 0 Å². The van der Waals surface area contributed by atoms with Crippen molar-refractivity contribution >= 4 is 0 Å². The van der Waals surface area contributed by atoms with Gasteiger partial charge < -0.3 is 5.11 Å². The number of aliphatic hydroxyl groups is 1. The zero-order chi connectivity index (χ0) is 5.70. The topological polar surface area (TPSA) is 20.2 Å². The first kappa shape index (κ1) is 6.70. The predicted octanol–water partition coefficient (Wildman–Crippen LogP) is 1.19. The highest BCUT2D eigenvalue weighted by molar-refractivity contribution is 4.76. The molecule has 0 aromatic rings. The molecule has 0 saturated carbocycles. The number of rotatable bonds is 3. The van der Waals surface area contributed by atoms with Gasteiger partial charge in [-0.05, 0) is 12.3 Å². The van der Waals surface area contributed by atoms with Gasteiger partial charge in [0.2, 0.25) is 0 Å². The molecule has 0 bridgehead atoms. The van der Waals surface area contributed by atoms with Crippen LogP contribution < -0.4 is 0 Å². The molecular weight excluding hydrogens is 88.1 g/mol. The Balaban J connectivity index is 3.16. The highest BCUT2D eigenvalue weighted by Crippen LogP contribution is 1.99. The molecular formula is C6H12O. The van der Waals surface area contributed by atoms with E-state index < -0.39 is 0 Å². The van der Waals surface area contributed by atoms with Crippen molar-refractivity contribution in [2.24, 2.45) is 5.92 Å². The summed E-state index contributed by atoms with van der Waals surface area (Å²) in [6.07, 6.45) is 2.76. The average Bonchev–Trinajstić information content (AvgIpc) is 1.72. The minimum absolute atomic E-state index is 0.236. The molecule has 0 rings (SSSR count). The summed E-state index contributed by atoms with van der Waals surface area (Å²) in [5.41, 5.74) is 0. The lowest BCUT2D eigenvalue weighted by Gasteiger charge is -2.00. The summed E-state index contributed by atoms with van der Waals surface area (Å²) in [6.45, 7) is 5.81. The molecule has 0 aromatic heterocycles. The van der Waals surface area contributed by atoms with Crippen LogP contribution in [0.1, 0.15) is 13.3 Å². The zero-order valence-electron chi connectivity index (χ0n) is 4.72. The van der Waals surface area contributed by atoms with Crippen LogP contribution in [0.15, 0.2) is 12.7 Å². The number of aliphatic hydroxyl groups excluding tert-OH is 1. The minimum atomic E-state index is 0.236. The van der Waals surface area contributed by atoms with Gasteiger partial charge in [0, 0.05) is 6.61 Å². The van der Waals surface area contributed by atoms with Gasteiger partial charge in [0.1, 0.15) is 0 Å². The van der Waals surface area contributed by atoms with Gasteiger partial charge >= 0.3 is 0 Å². The van der Waals surface area contributed by atoms with E-state index >= 15 is 0 Å². The Morgan fingerprint density at radius 3 is 2.43 bits per heavy atom. The van der Waals surface area contributed by atoms with Crippen molar-refractivity contribution < 1.29 is 5.11 Å². The highest BCUT2D eigenvalue weighted by atomic mass is 16.3. The molecule has 0 unspecified atom stereocenters. The van der Waals surface area contributed by atoms with Crippen molar-refractivity contribution in [3.8, 4) is 0 Å². The summed E-state index contributed by atoms with van der Waals surface area (Å²) in [7, 11) is 0. The second-order valence-corrected chi connectivity index (χ2v) is 1.59. The number of hydrogen-bond acceptors (Lipinski definition) is 1. The fraction of sp³-hybridized carbons (Fsp3) is 0.667. The van der Waals surface area contributed by atoms with Crippen LogP contribution in [0.25, 0.3) is 0 Å². The van der Waals surface area contributed by atoms with E-state index in [9.17, 15) is 0 Å². The van der Waals surface area contributed by atoms with Gasteiger partial charge in [0.05, 0.1) is 0 Å². The Bertz CT molecular complexity index is 46.1. The van der Waals surface area contributed by atoms with E-state index in [2.05, 4.69) is 6.58 Å². The first-order valence-corrected chi connectivity index (χ1v) is 2.58. The van der Waals surface area contributed by atoms with E-state index in [1.165, 1.54) is 0 Å². The van der Waals surface area contributed by atoms with Crippen LogP contribution in [0.3, 0.4) is 0 Å². The summed E-state index contributed by atoms with van der Waals surface area (Å²) in [6, 6.07) is 0. The first-order chi connectivity index (χ1) is 3.35. The average molecular weight is 100 g/mol. The van der Waals surface area contributed by atoms with Gasteiger partial charge in [0.15, 0.2) is 0 Å². The molecule has 42 valence electrons. The van der Waals surface area contributed by atoms with Crippen molar-refractivity contribution in [3.05, 3.63) is 12.7 Å². The smallest absolute Gasteiger partial charge is 0.0493 e. The van der Waals surface area contributed by atoms with Gasteiger partial charge in [-0.25, -0.2) is 0 Å². The molecule has 0 heterocycles. The van der Waals surface area contributed by atoms with Crippen molar-refractivity contribution in [2.75, 3.05) is 6.61 Å². The predicted molar refractivity (Wildman–Crippen MR) is 31.1 cm³/mol. The van der Waals surface area contributed by atoms with E-state index in [1.54, 1.807) is 6.08 Å². The highest BCUT2D eigenvalue weighted by Gasteiger charge is 1.93. The summed E-state index contributed by atoms with van der Waals surface area (Å²) < 4.78 is 0. The fourth-order valence-corrected chi connectivity index (χ4v) is 0.370. The number of hydrogen-bond donors (Lipinski definition) is 1. The van der Waals surface area contributed by atoms with E-state index in [0.717, 1.165) is 6.42 Å². The van der Waals surface area contributed by atoms with Crippen LogP contribution in [-0.4, -0.2) is 11.7 Å². The SMILES string of the molecule is C=C[C@@H](CC)CO. The lowest BCUT2D eigenvalue weighted by molar-refractivity contribution is 0.250. The third-order valence-electron chi connectivity index (χ3n) is 1.09. The maximum atomic E-state index is 8.45. The minimum Gasteiger partial charge on any atom is -0.396 e. The molecule has 0 aliphatic heterocycles. The Labute approximate surface area is 44.7 Å². The van der Waals surface area contributed by atoms with Crippen molar-refractivity contribution in [1.29, 1.82) is 0 Å². The molecule has 0 spiro atoms. The van der Waals surface area contributed by atoms with Crippen LogP contribution in [0.4, 0.5) is 0 Å². The standard InChI is InChI=1S/C6H12O/c1-3-6(4-2)5-7/h3,6-7H,1,4-5H2,2H3/t6-/m0/s1. The van der Waals surface area contributed by atoms with Gasteiger partial charge in [-0.2, -0.15) is 0 Å². The summed E-state index contributed by atoms with van der Waals surface area (Å²) in [5, 5.41) is 8.45. The van der Waals surface area contributed by atoms with Gasteiger partial charge in [-0.15, -0.1) is 6.58 Å². The molecule has 0 saturated heterocycles. The van der Waals surface area contributed by atoms with E-state index in [4.69, 9.17) is 5.11 Å². The van der Waals surface area contributed by atoms with Crippen LogP contribution in [0.2, 0.25) is 0 Å². The molecule has 1 atom stereocenters. The zero-order valence-corrected chi connectivity index (χ0v) is 4.72. The van der Waals surface area contributed by atoms with Gasteiger partial charge in [0.25, 0.3) is 0 Å². The molecule has 0 radical (unpaired) electrons. The third-order valence-corrected chi connectivity index (χ3v) is 1.09. The van der Waals surface area contributed by atoms with Crippen LogP contribution in [-0.2, 0) is 0 Å². The molecule has 0 fully saturated rings. The van der Waals surface area contributed by atoms with E-state index in [1.807, 2.05) is 6.92 Å². The Morgan fingerprint density at radius 2 is 2.43 bits per heavy atom. The maximum Gasteiger partial charge on any atom is 0.0493 e. The Morgan fingerprint density at radius 1 is 1.86 bits per heavy atom. The molecule has 0 aromatic carbocycles. The Kier molecular flexibility index (Phi) is 3.71. The lowest BCUT2D eigenvalue weighted by atomic mass is 10.1. The molecule has 0 aliphatic carbocycles. The molecule has 7 heavy (non-hydrogen) atoms. The lowest BCUT2D eigenvalue weighted by Crippen LogP contribution is -1.98. The second kappa shape index (κ2) is 3.88. The van der Waals surface area contributed by atoms with Crippen LogP contribution in [0, 0.1) is 5.92 Å². The van der Waals surface area contributed by atoms with Crippen molar-refractivity contribution in [2.45, 2.75) is 13.3 Å². The second-order valence-electron chi connectivity index (χ2n) is 1.59. The first-order valence-electron chi connectivity index (χ1n) is 2.58. The monoisotopic (exact) mass is 100 g/mol.